The van der Waals surface area contributed by atoms with Gasteiger partial charge in [-0.05, 0) is 47.0 Å². The third-order valence-corrected chi connectivity index (χ3v) is 3.81. The third-order valence-electron chi connectivity index (χ3n) is 3.17. The SMILES string of the molecule is Cc1ccc(N2CCC(N)(C(=O)O)C2)c(Br)c1. The van der Waals surface area contributed by atoms with Gasteiger partial charge in [0.15, 0.2) is 0 Å². The molecule has 0 aromatic heterocycles. The van der Waals surface area contributed by atoms with Crippen LogP contribution in [0.3, 0.4) is 0 Å². The van der Waals surface area contributed by atoms with Crippen LogP contribution in [0.25, 0.3) is 0 Å². The summed E-state index contributed by atoms with van der Waals surface area (Å²) in [6.07, 6.45) is 0.475. The van der Waals surface area contributed by atoms with E-state index in [1.165, 1.54) is 0 Å². The number of carboxylic acids is 1. The maximum Gasteiger partial charge on any atom is 0.325 e. The molecule has 3 N–H and O–H groups in total. The second kappa shape index (κ2) is 4.31. The number of aryl methyl sites for hydroxylation is 1. The first-order chi connectivity index (χ1) is 7.92. The number of halogens is 1. The van der Waals surface area contributed by atoms with E-state index in [0.717, 1.165) is 15.7 Å². The number of carbonyl (C=O) groups is 1. The van der Waals surface area contributed by atoms with Crippen molar-refractivity contribution >= 4 is 27.6 Å². The maximum absolute atomic E-state index is 11.1. The van der Waals surface area contributed by atoms with Crippen LogP contribution in [0.2, 0.25) is 0 Å². The van der Waals surface area contributed by atoms with Gasteiger partial charge >= 0.3 is 5.97 Å². The number of anilines is 1. The van der Waals surface area contributed by atoms with Gasteiger partial charge in [0.25, 0.3) is 0 Å². The van der Waals surface area contributed by atoms with Gasteiger partial charge in [0.05, 0.1) is 5.69 Å². The van der Waals surface area contributed by atoms with E-state index in [9.17, 15) is 4.79 Å². The lowest BCUT2D eigenvalue weighted by atomic mass is 10.0. The second-order valence-electron chi connectivity index (χ2n) is 4.59. The van der Waals surface area contributed by atoms with Gasteiger partial charge in [-0.1, -0.05) is 6.07 Å². The van der Waals surface area contributed by atoms with Crippen molar-refractivity contribution in [3.05, 3.63) is 28.2 Å². The largest absolute Gasteiger partial charge is 0.480 e. The van der Waals surface area contributed by atoms with Crippen LogP contribution in [0.1, 0.15) is 12.0 Å². The van der Waals surface area contributed by atoms with Gasteiger partial charge < -0.3 is 15.7 Å². The molecule has 17 heavy (non-hydrogen) atoms. The molecule has 1 atom stereocenters. The molecule has 1 unspecified atom stereocenters. The predicted molar refractivity (Wildman–Crippen MR) is 70.3 cm³/mol. The number of nitrogens with zero attached hydrogens (tertiary/aromatic N) is 1. The average molecular weight is 299 g/mol. The number of nitrogens with two attached hydrogens (primary N) is 1. The molecule has 1 aliphatic heterocycles. The molecule has 0 radical (unpaired) electrons. The Morgan fingerprint density at radius 1 is 1.59 bits per heavy atom. The summed E-state index contributed by atoms with van der Waals surface area (Å²) in [5, 5.41) is 9.09. The molecule has 0 aliphatic carbocycles. The van der Waals surface area contributed by atoms with E-state index in [1.807, 2.05) is 30.0 Å². The van der Waals surface area contributed by atoms with Crippen molar-refractivity contribution in [1.29, 1.82) is 0 Å². The average Bonchev–Trinajstić information content (AvgIpc) is 2.62. The molecular weight excluding hydrogens is 284 g/mol. The highest BCUT2D eigenvalue weighted by Crippen LogP contribution is 2.32. The minimum Gasteiger partial charge on any atom is -0.480 e. The van der Waals surface area contributed by atoms with Crippen molar-refractivity contribution in [3.63, 3.8) is 0 Å². The molecule has 2 rings (SSSR count). The van der Waals surface area contributed by atoms with Crippen LogP contribution in [0.5, 0.6) is 0 Å². The molecule has 0 spiro atoms. The number of hydrogen-bond donors (Lipinski definition) is 2. The highest BCUT2D eigenvalue weighted by Gasteiger charge is 2.41. The van der Waals surface area contributed by atoms with E-state index in [-0.39, 0.29) is 0 Å². The minimum atomic E-state index is -1.12. The van der Waals surface area contributed by atoms with E-state index in [2.05, 4.69) is 15.9 Å². The Morgan fingerprint density at radius 3 is 2.82 bits per heavy atom. The number of hydrogen-bond acceptors (Lipinski definition) is 3. The quantitative estimate of drug-likeness (QED) is 0.873. The fraction of sp³-hybridized carbons (Fsp3) is 0.417. The lowest BCUT2D eigenvalue weighted by Gasteiger charge is -2.22. The van der Waals surface area contributed by atoms with E-state index >= 15 is 0 Å². The van der Waals surface area contributed by atoms with Crippen LogP contribution < -0.4 is 10.6 Å². The zero-order chi connectivity index (χ0) is 12.6. The normalized spacial score (nSPS) is 24.1. The molecule has 1 fully saturated rings. The van der Waals surface area contributed by atoms with Crippen LogP contribution >= 0.6 is 15.9 Å². The Kier molecular flexibility index (Phi) is 3.14. The van der Waals surface area contributed by atoms with Gasteiger partial charge in [0.1, 0.15) is 5.54 Å². The predicted octanol–water partition coefficient (Wildman–Crippen LogP) is 1.75. The van der Waals surface area contributed by atoms with Crippen LogP contribution in [0, 0.1) is 6.92 Å². The van der Waals surface area contributed by atoms with Gasteiger partial charge in [-0.15, -0.1) is 0 Å². The zero-order valence-corrected chi connectivity index (χ0v) is 11.2. The number of aliphatic carboxylic acids is 1. The second-order valence-corrected chi connectivity index (χ2v) is 5.44. The maximum atomic E-state index is 11.1. The van der Waals surface area contributed by atoms with Crippen LogP contribution in [0.4, 0.5) is 5.69 Å². The molecule has 1 aromatic carbocycles. The highest BCUT2D eigenvalue weighted by molar-refractivity contribution is 9.10. The van der Waals surface area contributed by atoms with E-state index < -0.39 is 11.5 Å². The van der Waals surface area contributed by atoms with Gasteiger partial charge in [-0.2, -0.15) is 0 Å². The summed E-state index contributed by atoms with van der Waals surface area (Å²) in [5.41, 5.74) is 6.90. The lowest BCUT2D eigenvalue weighted by molar-refractivity contribution is -0.142. The van der Waals surface area contributed by atoms with Gasteiger partial charge in [-0.25, -0.2) is 0 Å². The van der Waals surface area contributed by atoms with Crippen LogP contribution in [-0.2, 0) is 4.79 Å². The van der Waals surface area contributed by atoms with E-state index in [0.29, 0.717) is 19.5 Å². The third kappa shape index (κ3) is 2.30. The Balaban J connectivity index is 2.24. The molecule has 5 heteroatoms. The summed E-state index contributed by atoms with van der Waals surface area (Å²) in [4.78, 5) is 13.1. The highest BCUT2D eigenvalue weighted by atomic mass is 79.9. The topological polar surface area (TPSA) is 66.6 Å². The van der Waals surface area contributed by atoms with Crippen LogP contribution in [0.15, 0.2) is 22.7 Å². The van der Waals surface area contributed by atoms with Crippen molar-refractivity contribution in [1.82, 2.24) is 0 Å². The number of benzene rings is 1. The first-order valence-electron chi connectivity index (χ1n) is 5.46. The summed E-state index contributed by atoms with van der Waals surface area (Å²) in [6, 6.07) is 6.02. The van der Waals surface area contributed by atoms with Gasteiger partial charge in [-0.3, -0.25) is 4.79 Å². The van der Waals surface area contributed by atoms with Crippen molar-refractivity contribution < 1.29 is 9.90 Å². The first kappa shape index (κ1) is 12.4. The fourth-order valence-corrected chi connectivity index (χ4v) is 2.83. The van der Waals surface area contributed by atoms with Crippen molar-refractivity contribution in [2.24, 2.45) is 5.73 Å². The monoisotopic (exact) mass is 298 g/mol. The summed E-state index contributed by atoms with van der Waals surface area (Å²) in [6.45, 7) is 3.04. The standard InChI is InChI=1S/C12H15BrN2O2/c1-8-2-3-10(9(13)6-8)15-5-4-12(14,7-15)11(16)17/h2-3,6H,4-5,7,14H2,1H3,(H,16,17). The van der Waals surface area contributed by atoms with Crippen LogP contribution in [-0.4, -0.2) is 29.7 Å². The molecule has 0 saturated carbocycles. The molecule has 0 amide bonds. The van der Waals surface area contributed by atoms with Crippen molar-refractivity contribution in [2.45, 2.75) is 18.9 Å². The Hall–Kier alpha value is -1.07. The van der Waals surface area contributed by atoms with E-state index in [4.69, 9.17) is 10.8 Å². The molecule has 1 saturated heterocycles. The molecule has 0 bridgehead atoms. The van der Waals surface area contributed by atoms with Crippen molar-refractivity contribution in [3.8, 4) is 0 Å². The number of carboxylic acid groups (broad SMARTS) is 1. The van der Waals surface area contributed by atoms with E-state index in [1.54, 1.807) is 0 Å². The zero-order valence-electron chi connectivity index (χ0n) is 9.61. The summed E-state index contributed by atoms with van der Waals surface area (Å²) < 4.78 is 0.979. The molecular formula is C12H15BrN2O2. The summed E-state index contributed by atoms with van der Waals surface area (Å²) >= 11 is 3.50. The molecule has 1 heterocycles. The lowest BCUT2D eigenvalue weighted by Crippen LogP contribution is -2.50. The number of rotatable bonds is 2. The van der Waals surface area contributed by atoms with Gasteiger partial charge in [0.2, 0.25) is 0 Å². The summed E-state index contributed by atoms with van der Waals surface area (Å²) in [7, 11) is 0. The smallest absolute Gasteiger partial charge is 0.325 e. The fourth-order valence-electron chi connectivity index (χ4n) is 2.08. The molecule has 92 valence electrons. The molecule has 1 aliphatic rings. The Bertz CT molecular complexity index is 464. The minimum absolute atomic E-state index is 0.351. The molecule has 4 nitrogen and oxygen atoms in total. The van der Waals surface area contributed by atoms with Gasteiger partial charge in [0, 0.05) is 17.6 Å². The molecule has 1 aromatic rings. The summed E-state index contributed by atoms with van der Waals surface area (Å²) in [5.74, 6) is -0.928. The Labute approximate surface area is 109 Å². The Morgan fingerprint density at radius 2 is 2.29 bits per heavy atom. The first-order valence-corrected chi connectivity index (χ1v) is 6.25. The van der Waals surface area contributed by atoms with Crippen molar-refractivity contribution in [2.75, 3.05) is 18.0 Å².